The Hall–Kier alpha value is -0.610. The summed E-state index contributed by atoms with van der Waals surface area (Å²) < 4.78 is 0. The van der Waals surface area contributed by atoms with Gasteiger partial charge in [0.1, 0.15) is 0 Å². The zero-order valence-electron chi connectivity index (χ0n) is 4.55. The predicted octanol–water partition coefficient (Wildman–Crippen LogP) is -2.07. The van der Waals surface area contributed by atoms with Crippen LogP contribution in [0.4, 0.5) is 0 Å². The van der Waals surface area contributed by atoms with Gasteiger partial charge in [0.05, 0.1) is 6.04 Å². The Kier molecular flexibility index (Phi) is 4.20. The molecule has 0 rings (SSSR count). The van der Waals surface area contributed by atoms with Crippen molar-refractivity contribution in [2.24, 2.45) is 11.5 Å². The Morgan fingerprint density at radius 2 is 2.00 bits per heavy atom. The molecule has 0 unspecified atom stereocenters. The minimum absolute atomic E-state index is 0.118. The Morgan fingerprint density at radius 1 is 1.50 bits per heavy atom. The van der Waals surface area contributed by atoms with Crippen LogP contribution < -0.4 is 16.8 Å². The highest BCUT2D eigenvalue weighted by atomic mass is 16.1. The van der Waals surface area contributed by atoms with E-state index >= 15 is 0 Å². The molecule has 47 valence electrons. The van der Waals surface area contributed by atoms with Crippen LogP contribution in [0, 0.1) is 0 Å². The zero-order chi connectivity index (χ0) is 6.41. The van der Waals surface area contributed by atoms with Gasteiger partial charge in [-0.2, -0.15) is 0 Å². The quantitative estimate of drug-likeness (QED) is 0.369. The van der Waals surface area contributed by atoms with E-state index in [9.17, 15) is 4.79 Å². The van der Waals surface area contributed by atoms with Gasteiger partial charge < -0.3 is 16.8 Å². The molecule has 0 bridgehead atoms. The molecule has 8 heavy (non-hydrogen) atoms. The van der Waals surface area contributed by atoms with Crippen LogP contribution in [0.2, 0.25) is 0 Å². The van der Waals surface area contributed by atoms with Crippen molar-refractivity contribution < 1.29 is 4.79 Å². The van der Waals surface area contributed by atoms with Gasteiger partial charge >= 0.3 is 6.41 Å². The molecule has 0 heterocycles. The van der Waals surface area contributed by atoms with E-state index in [0.717, 1.165) is 0 Å². The normalized spacial score (nSPS) is 9.38. The summed E-state index contributed by atoms with van der Waals surface area (Å²) in [4.78, 5) is 9.59. The molecule has 0 aliphatic carbocycles. The monoisotopic (exact) mass is 116 g/mol. The Labute approximate surface area is 48.2 Å². The molecular weight excluding hydrogens is 106 g/mol. The maximum atomic E-state index is 9.59. The minimum atomic E-state index is -0.118. The van der Waals surface area contributed by atoms with Crippen LogP contribution in [0.3, 0.4) is 0 Å². The van der Waals surface area contributed by atoms with Gasteiger partial charge in [0.25, 0.3) is 0 Å². The van der Waals surface area contributed by atoms with Gasteiger partial charge in [0.2, 0.25) is 0 Å². The molecule has 0 fully saturated rings. The van der Waals surface area contributed by atoms with Crippen molar-refractivity contribution in [3.8, 4) is 0 Å². The summed E-state index contributed by atoms with van der Waals surface area (Å²) in [6, 6.07) is -0.118. The fraction of sp³-hybridized carbons (Fsp3) is 0.750. The van der Waals surface area contributed by atoms with Crippen molar-refractivity contribution in [3.05, 3.63) is 0 Å². The lowest BCUT2D eigenvalue weighted by molar-refractivity contribution is 0.519. The third-order valence-electron chi connectivity index (χ3n) is 0.832. The number of hydrogen-bond donors (Lipinski definition) is 3. The van der Waals surface area contributed by atoms with E-state index in [1.807, 2.05) is 0 Å². The van der Waals surface area contributed by atoms with Crippen LogP contribution in [0.15, 0.2) is 0 Å². The third kappa shape index (κ3) is 2.54. The summed E-state index contributed by atoms with van der Waals surface area (Å²) in [5, 5.41) is 2.33. The van der Waals surface area contributed by atoms with Crippen molar-refractivity contribution in [1.82, 2.24) is 5.32 Å². The zero-order valence-corrected chi connectivity index (χ0v) is 4.55. The number of hydrogen-bond acceptors (Lipinski definition) is 3. The Morgan fingerprint density at radius 3 is 2.12 bits per heavy atom. The second-order valence-electron chi connectivity index (χ2n) is 1.41. The summed E-state index contributed by atoms with van der Waals surface area (Å²) >= 11 is 0. The molecule has 0 spiro atoms. The van der Waals surface area contributed by atoms with E-state index < -0.39 is 0 Å². The number of rotatable bonds is 4. The topological polar surface area (TPSA) is 81.1 Å². The molecule has 1 amide bonds. The van der Waals surface area contributed by atoms with Crippen molar-refractivity contribution in [2.45, 2.75) is 6.04 Å². The first-order valence-corrected chi connectivity index (χ1v) is 2.38. The van der Waals surface area contributed by atoms with Gasteiger partial charge in [-0.15, -0.1) is 0 Å². The van der Waals surface area contributed by atoms with E-state index in [2.05, 4.69) is 5.32 Å². The highest BCUT2D eigenvalue weighted by Crippen LogP contribution is 1.68. The Balaban J connectivity index is 3.20. The van der Waals surface area contributed by atoms with E-state index in [1.54, 1.807) is 0 Å². The molecule has 0 saturated heterocycles. The van der Waals surface area contributed by atoms with E-state index in [-0.39, 0.29) is 6.04 Å². The standard InChI is InChI=1S/C4H10N3O/c5-1-4(2-6)7-3-8/h4H,1-2,5-6H2,(H,7,8). The number of carbonyl (C=O) groups excluding carboxylic acids is 1. The number of amides is 1. The van der Waals surface area contributed by atoms with Gasteiger partial charge in [0.15, 0.2) is 0 Å². The molecule has 5 N–H and O–H groups in total. The largest absolute Gasteiger partial charge is 0.343 e. The van der Waals surface area contributed by atoms with Crippen LogP contribution >= 0.6 is 0 Å². The minimum Gasteiger partial charge on any atom is -0.343 e. The average Bonchev–Trinajstić information content (AvgIpc) is 1.83. The predicted molar refractivity (Wildman–Crippen MR) is 30.7 cm³/mol. The number of nitrogens with two attached hydrogens (primary N) is 2. The lowest BCUT2D eigenvalue weighted by atomic mass is 10.3. The van der Waals surface area contributed by atoms with Crippen LogP contribution in [-0.2, 0) is 4.79 Å². The molecule has 0 aromatic heterocycles. The van der Waals surface area contributed by atoms with E-state index in [0.29, 0.717) is 13.1 Å². The summed E-state index contributed by atoms with van der Waals surface area (Å²) in [5.74, 6) is 0. The summed E-state index contributed by atoms with van der Waals surface area (Å²) in [6.45, 7) is 0.734. The first-order valence-electron chi connectivity index (χ1n) is 2.38. The molecule has 0 aliphatic rings. The first-order chi connectivity index (χ1) is 3.85. The lowest BCUT2D eigenvalue weighted by Gasteiger charge is -2.07. The molecule has 1 radical (unpaired) electrons. The molecule has 0 atom stereocenters. The van der Waals surface area contributed by atoms with Crippen LogP contribution in [-0.4, -0.2) is 25.5 Å². The van der Waals surface area contributed by atoms with Crippen molar-refractivity contribution in [2.75, 3.05) is 13.1 Å². The maximum absolute atomic E-state index is 9.59. The van der Waals surface area contributed by atoms with Crippen molar-refractivity contribution in [1.29, 1.82) is 0 Å². The van der Waals surface area contributed by atoms with E-state index in [4.69, 9.17) is 11.5 Å². The Bertz CT molecular complexity index is 62.3. The molecule has 4 nitrogen and oxygen atoms in total. The van der Waals surface area contributed by atoms with Gasteiger partial charge in [-0.3, -0.25) is 4.79 Å². The maximum Gasteiger partial charge on any atom is 0.309 e. The average molecular weight is 116 g/mol. The van der Waals surface area contributed by atoms with Gasteiger partial charge in [-0.25, -0.2) is 0 Å². The highest BCUT2D eigenvalue weighted by Gasteiger charge is 1.98. The second-order valence-corrected chi connectivity index (χ2v) is 1.41. The highest BCUT2D eigenvalue weighted by molar-refractivity contribution is 5.47. The van der Waals surface area contributed by atoms with Crippen molar-refractivity contribution in [3.63, 3.8) is 0 Å². The summed E-state index contributed by atoms with van der Waals surface area (Å²) in [7, 11) is 0. The SMILES string of the molecule is NCC(CN)N[C]=O. The molecule has 4 heteroatoms. The molecule has 0 saturated carbocycles. The molecule has 0 aliphatic heterocycles. The van der Waals surface area contributed by atoms with Crippen molar-refractivity contribution >= 4 is 6.41 Å². The van der Waals surface area contributed by atoms with E-state index in [1.165, 1.54) is 6.41 Å². The number of nitrogens with one attached hydrogen (secondary N) is 1. The fourth-order valence-electron chi connectivity index (χ4n) is 0.297. The third-order valence-corrected chi connectivity index (χ3v) is 0.832. The molecular formula is C4H10N3O. The summed E-state index contributed by atoms with van der Waals surface area (Å²) in [6.07, 6.45) is 1.51. The second kappa shape index (κ2) is 4.55. The van der Waals surface area contributed by atoms with Crippen LogP contribution in [0.1, 0.15) is 0 Å². The molecule has 0 aromatic rings. The summed E-state index contributed by atoms with van der Waals surface area (Å²) in [5.41, 5.74) is 10.3. The van der Waals surface area contributed by atoms with Gasteiger partial charge in [0, 0.05) is 13.1 Å². The smallest absolute Gasteiger partial charge is 0.309 e. The van der Waals surface area contributed by atoms with Crippen LogP contribution in [0.5, 0.6) is 0 Å². The lowest BCUT2D eigenvalue weighted by Crippen LogP contribution is -2.41. The van der Waals surface area contributed by atoms with Crippen LogP contribution in [0.25, 0.3) is 0 Å². The first kappa shape index (κ1) is 7.39. The fourth-order valence-corrected chi connectivity index (χ4v) is 0.297. The van der Waals surface area contributed by atoms with Gasteiger partial charge in [-0.1, -0.05) is 0 Å². The molecule has 0 aromatic carbocycles. The van der Waals surface area contributed by atoms with Gasteiger partial charge in [-0.05, 0) is 0 Å².